The maximum atomic E-state index is 13.7. The van der Waals surface area contributed by atoms with Crippen LogP contribution in [-0.4, -0.2) is 89.8 Å². The van der Waals surface area contributed by atoms with Crippen LogP contribution < -0.4 is 20.5 Å². The van der Waals surface area contributed by atoms with Crippen molar-refractivity contribution in [3.63, 3.8) is 0 Å². The van der Waals surface area contributed by atoms with Gasteiger partial charge in [0.1, 0.15) is 12.3 Å². The van der Waals surface area contributed by atoms with E-state index in [1.165, 1.54) is 29.9 Å². The van der Waals surface area contributed by atoms with Crippen molar-refractivity contribution >= 4 is 32.3 Å². The van der Waals surface area contributed by atoms with E-state index in [1.807, 2.05) is 6.07 Å². The van der Waals surface area contributed by atoms with Gasteiger partial charge >= 0.3 is 6.18 Å². The quantitative estimate of drug-likeness (QED) is 0.203. The summed E-state index contributed by atoms with van der Waals surface area (Å²) in [5, 5.41) is 12.5. The first-order valence-corrected chi connectivity index (χ1v) is 16.9. The predicted molar refractivity (Wildman–Crippen MR) is 177 cm³/mol. The molecule has 1 fully saturated rings. The fourth-order valence-electron chi connectivity index (χ4n) is 6.11. The summed E-state index contributed by atoms with van der Waals surface area (Å²) in [5.74, 6) is 6.03. The highest BCUT2D eigenvalue weighted by molar-refractivity contribution is 7.89. The number of hydrogen-bond acceptors (Lipinski definition) is 8. The Morgan fingerprint density at radius 2 is 1.72 bits per heavy atom. The van der Waals surface area contributed by atoms with Crippen molar-refractivity contribution in [3.8, 4) is 17.6 Å². The van der Waals surface area contributed by atoms with E-state index in [1.54, 1.807) is 32.4 Å². The predicted octanol–water partition coefficient (Wildman–Crippen LogP) is 5.03. The van der Waals surface area contributed by atoms with Gasteiger partial charge in [-0.25, -0.2) is 13.6 Å². The number of alkyl halides is 3. The SMILES string of the molecule is COCCN(CCOC)C1(C)CCC(Nc2cccc3c2cc(C#CCNc2ccc(S(N)(=O)=O)cc2OC)n3CC(F)(F)F)CC1. The molecule has 1 aliphatic rings. The number of nitrogens with one attached hydrogen (secondary N) is 2. The zero-order valence-corrected chi connectivity index (χ0v) is 28.1. The number of nitrogens with two attached hydrogens (primary N) is 1. The maximum absolute atomic E-state index is 13.7. The van der Waals surface area contributed by atoms with Gasteiger partial charge in [-0.15, -0.1) is 0 Å². The van der Waals surface area contributed by atoms with Gasteiger partial charge in [0.05, 0.1) is 48.7 Å². The van der Waals surface area contributed by atoms with Crippen LogP contribution in [0.5, 0.6) is 5.75 Å². The molecule has 0 radical (unpaired) electrons. The summed E-state index contributed by atoms with van der Waals surface area (Å²) in [7, 11) is 0.862. The number of primary sulfonamides is 1. The standard InChI is InChI=1S/C33H44F3N5O5S/c1-32(40(17-19-44-2)18-20-45-3)14-12-24(13-15-32)39-28-8-5-9-30-27(28)21-25(41(30)23-33(34,35)36)7-6-16-38-29-11-10-26(47(37,42)43)22-31(29)46-4/h5,8-11,21-22,24,38-39H,12-20,23H2,1-4H3,(H2,37,42,43). The number of fused-ring (bicyclic) bond motifs is 1. The minimum Gasteiger partial charge on any atom is -0.495 e. The van der Waals surface area contributed by atoms with Gasteiger partial charge in [-0.1, -0.05) is 12.0 Å². The Bertz CT molecular complexity index is 1670. The number of sulfonamides is 1. The molecule has 14 heteroatoms. The normalized spacial score (nSPS) is 18.6. The lowest BCUT2D eigenvalue weighted by Crippen LogP contribution is -2.52. The summed E-state index contributed by atoms with van der Waals surface area (Å²) in [6, 6.07) is 11.3. The smallest absolute Gasteiger partial charge is 0.406 e. The van der Waals surface area contributed by atoms with E-state index in [2.05, 4.69) is 34.3 Å². The lowest BCUT2D eigenvalue weighted by Gasteiger charge is -2.46. The average molecular weight is 680 g/mol. The van der Waals surface area contributed by atoms with Crippen LogP contribution >= 0.6 is 0 Å². The van der Waals surface area contributed by atoms with Crippen LogP contribution in [0.4, 0.5) is 24.5 Å². The van der Waals surface area contributed by atoms with Crippen molar-refractivity contribution in [2.24, 2.45) is 5.14 Å². The van der Waals surface area contributed by atoms with Crippen molar-refractivity contribution in [1.82, 2.24) is 9.47 Å². The first-order valence-electron chi connectivity index (χ1n) is 15.4. The molecular formula is C33H44F3N5O5S. The Balaban J connectivity index is 1.53. The molecule has 47 heavy (non-hydrogen) atoms. The number of benzene rings is 2. The third-order valence-electron chi connectivity index (χ3n) is 8.68. The Labute approximate surface area is 274 Å². The molecule has 1 saturated carbocycles. The van der Waals surface area contributed by atoms with Crippen LogP contribution in [0.25, 0.3) is 10.9 Å². The molecule has 2 aromatic carbocycles. The van der Waals surface area contributed by atoms with E-state index < -0.39 is 22.7 Å². The van der Waals surface area contributed by atoms with Crippen molar-refractivity contribution in [3.05, 3.63) is 48.2 Å². The van der Waals surface area contributed by atoms with Gasteiger partial charge in [0.15, 0.2) is 0 Å². The number of methoxy groups -OCH3 is 3. The largest absolute Gasteiger partial charge is 0.495 e. The third-order valence-corrected chi connectivity index (χ3v) is 9.60. The lowest BCUT2D eigenvalue weighted by molar-refractivity contribution is -0.140. The minimum absolute atomic E-state index is 0.00224. The van der Waals surface area contributed by atoms with Gasteiger partial charge < -0.3 is 29.4 Å². The highest BCUT2D eigenvalue weighted by Gasteiger charge is 2.36. The summed E-state index contributed by atoms with van der Waals surface area (Å²) >= 11 is 0. The van der Waals surface area contributed by atoms with E-state index in [0.29, 0.717) is 29.8 Å². The highest BCUT2D eigenvalue weighted by Crippen LogP contribution is 2.37. The van der Waals surface area contributed by atoms with Crippen molar-refractivity contribution < 1.29 is 35.8 Å². The summed E-state index contributed by atoms with van der Waals surface area (Å²) in [6.07, 6.45) is -0.710. The molecule has 1 aliphatic carbocycles. The van der Waals surface area contributed by atoms with E-state index in [9.17, 15) is 21.6 Å². The van der Waals surface area contributed by atoms with Gasteiger partial charge in [-0.2, -0.15) is 13.2 Å². The highest BCUT2D eigenvalue weighted by atomic mass is 32.2. The summed E-state index contributed by atoms with van der Waals surface area (Å²) in [5.41, 5.74) is 1.90. The number of hydrogen-bond donors (Lipinski definition) is 3. The molecule has 10 nitrogen and oxygen atoms in total. The Morgan fingerprint density at radius 1 is 1.04 bits per heavy atom. The number of nitrogens with zero attached hydrogens (tertiary/aromatic N) is 2. The monoisotopic (exact) mass is 679 g/mol. The summed E-state index contributed by atoms with van der Waals surface area (Å²) in [6.45, 7) is 4.08. The van der Waals surface area contributed by atoms with Crippen LogP contribution in [0.2, 0.25) is 0 Å². The zero-order chi connectivity index (χ0) is 34.2. The van der Waals surface area contributed by atoms with Crippen molar-refractivity contribution in [2.45, 2.75) is 61.8 Å². The van der Waals surface area contributed by atoms with Crippen LogP contribution in [-0.2, 0) is 26.0 Å². The molecule has 0 bridgehead atoms. The van der Waals surface area contributed by atoms with E-state index in [-0.39, 0.29) is 34.5 Å². The van der Waals surface area contributed by atoms with Crippen LogP contribution in [0.3, 0.4) is 0 Å². The van der Waals surface area contributed by atoms with Gasteiger partial charge in [0.2, 0.25) is 10.0 Å². The molecule has 4 rings (SSSR count). The second kappa shape index (κ2) is 15.6. The molecule has 4 N–H and O–H groups in total. The van der Waals surface area contributed by atoms with Crippen LogP contribution in [0.15, 0.2) is 47.4 Å². The molecule has 0 aliphatic heterocycles. The molecule has 1 aromatic heterocycles. The number of aromatic nitrogens is 1. The molecule has 0 unspecified atom stereocenters. The second-order valence-corrected chi connectivity index (χ2v) is 13.5. The number of ether oxygens (including phenoxy) is 3. The molecule has 1 heterocycles. The maximum Gasteiger partial charge on any atom is 0.406 e. The zero-order valence-electron chi connectivity index (χ0n) is 27.2. The molecule has 3 aromatic rings. The Kier molecular flexibility index (Phi) is 12.1. The Hall–Kier alpha value is -3.48. The molecule has 0 spiro atoms. The van der Waals surface area contributed by atoms with E-state index >= 15 is 0 Å². The Morgan fingerprint density at radius 3 is 2.32 bits per heavy atom. The number of rotatable bonds is 14. The fourth-order valence-corrected chi connectivity index (χ4v) is 6.64. The fraction of sp³-hybridized carbons (Fsp3) is 0.515. The molecular weight excluding hydrogens is 635 g/mol. The van der Waals surface area contributed by atoms with Crippen LogP contribution in [0, 0.1) is 11.8 Å². The molecule has 0 atom stereocenters. The lowest BCUT2D eigenvalue weighted by atomic mass is 9.79. The van der Waals surface area contributed by atoms with Gasteiger partial charge in [-0.3, -0.25) is 4.90 Å². The number of anilines is 2. The van der Waals surface area contributed by atoms with E-state index in [0.717, 1.165) is 44.5 Å². The summed E-state index contributed by atoms with van der Waals surface area (Å²) in [4.78, 5) is 2.32. The topological polar surface area (TPSA) is 120 Å². The first-order chi connectivity index (χ1) is 22.3. The van der Waals surface area contributed by atoms with Crippen molar-refractivity contribution in [2.75, 3.05) is 64.8 Å². The van der Waals surface area contributed by atoms with Gasteiger partial charge in [0, 0.05) is 56.0 Å². The minimum atomic E-state index is -4.45. The first kappa shape index (κ1) is 36.4. The van der Waals surface area contributed by atoms with Gasteiger partial charge in [0.25, 0.3) is 0 Å². The molecule has 0 saturated heterocycles. The van der Waals surface area contributed by atoms with Crippen LogP contribution in [0.1, 0.15) is 38.3 Å². The van der Waals surface area contributed by atoms with E-state index in [4.69, 9.17) is 19.3 Å². The average Bonchev–Trinajstić information content (AvgIpc) is 3.36. The third kappa shape index (κ3) is 9.55. The molecule has 0 amide bonds. The van der Waals surface area contributed by atoms with Gasteiger partial charge in [-0.05, 0) is 68.9 Å². The second-order valence-electron chi connectivity index (χ2n) is 11.9. The molecule has 258 valence electrons. The summed E-state index contributed by atoms with van der Waals surface area (Å²) < 4.78 is 81.6. The number of halogens is 3. The van der Waals surface area contributed by atoms with Crippen molar-refractivity contribution in [1.29, 1.82) is 0 Å².